The fraction of sp³-hybridized carbons (Fsp3) is 0.0435. The molecule has 2 aliphatic rings. The van der Waals surface area contributed by atoms with Crippen molar-refractivity contribution in [3.8, 4) is 0 Å². The number of benzene rings is 2. The summed E-state index contributed by atoms with van der Waals surface area (Å²) in [6, 6.07) is 21.6. The van der Waals surface area contributed by atoms with Crippen LogP contribution in [0.3, 0.4) is 0 Å². The maximum atomic E-state index is 2.30. The molecule has 0 heterocycles. The first kappa shape index (κ1) is 19.2. The Balaban J connectivity index is 0.00000182. The van der Waals surface area contributed by atoms with Gasteiger partial charge in [-0.2, -0.15) is 0 Å². The quantitative estimate of drug-likeness (QED) is 0.496. The fourth-order valence-corrected chi connectivity index (χ4v) is 5.83. The predicted molar refractivity (Wildman–Crippen MR) is 103 cm³/mol. The number of hydrogen-bond donors (Lipinski definition) is 0. The van der Waals surface area contributed by atoms with Crippen molar-refractivity contribution in [1.82, 2.24) is 0 Å². The molecule has 0 N–H and O–H groups in total. The van der Waals surface area contributed by atoms with E-state index in [0.717, 1.165) is 0 Å². The van der Waals surface area contributed by atoms with Crippen molar-refractivity contribution < 1.29 is 17.1 Å². The minimum Gasteiger partial charge on any atom is -0.0622 e. The van der Waals surface area contributed by atoms with Crippen LogP contribution in [0, 0.1) is 61.7 Å². The Morgan fingerprint density at radius 3 is 1.88 bits per heavy atom. The van der Waals surface area contributed by atoms with Gasteiger partial charge in [-0.05, 0) is 55.3 Å². The Labute approximate surface area is 165 Å². The van der Waals surface area contributed by atoms with Crippen molar-refractivity contribution >= 4 is 13.2 Å². The van der Waals surface area contributed by atoms with Crippen LogP contribution in [0.4, 0.5) is 0 Å². The third kappa shape index (κ3) is 4.05. The SMILES string of the molecule is C[C]1[CH][CH][CH][C]1P([C]1[CH][CH][CH][C]1c1ccccc1)c1ccccc1.[Fe+2]. The van der Waals surface area contributed by atoms with Gasteiger partial charge in [0.05, 0.1) is 0 Å². The number of hydrogen-bond acceptors (Lipinski definition) is 0. The molecule has 10 radical (unpaired) electrons. The van der Waals surface area contributed by atoms with Gasteiger partial charge in [-0.1, -0.05) is 75.5 Å². The summed E-state index contributed by atoms with van der Waals surface area (Å²) in [6.07, 6.45) is 13.4. The van der Waals surface area contributed by atoms with E-state index in [1.165, 1.54) is 34.0 Å². The molecule has 2 fully saturated rings. The van der Waals surface area contributed by atoms with Crippen LogP contribution in [0.2, 0.25) is 0 Å². The van der Waals surface area contributed by atoms with E-state index in [1.807, 2.05) is 0 Å². The molecule has 122 valence electrons. The van der Waals surface area contributed by atoms with Gasteiger partial charge in [-0.3, -0.25) is 0 Å². The Morgan fingerprint density at radius 1 is 0.640 bits per heavy atom. The van der Waals surface area contributed by atoms with Crippen molar-refractivity contribution in [3.05, 3.63) is 128 Å². The van der Waals surface area contributed by atoms with E-state index in [9.17, 15) is 0 Å². The molecule has 2 heteroatoms. The van der Waals surface area contributed by atoms with Crippen molar-refractivity contribution in [2.45, 2.75) is 6.92 Å². The standard InChI is InChI=1S/C23H19P.Fe/c1-18-10-8-16-22(18)24(20-13-6-3-7-14-20)23-17-9-15-21(23)19-11-4-2-5-12-19;/h2-17H,1H3;/q;+2. The van der Waals surface area contributed by atoms with Crippen molar-refractivity contribution in [2.75, 3.05) is 0 Å². The summed E-state index contributed by atoms with van der Waals surface area (Å²) < 4.78 is 0. The molecule has 25 heavy (non-hydrogen) atoms. The van der Waals surface area contributed by atoms with Crippen LogP contribution in [0.1, 0.15) is 12.5 Å². The molecule has 0 spiro atoms. The zero-order chi connectivity index (χ0) is 16.4. The van der Waals surface area contributed by atoms with Gasteiger partial charge in [0.25, 0.3) is 0 Å². The summed E-state index contributed by atoms with van der Waals surface area (Å²) in [6.45, 7) is 2.22. The largest absolute Gasteiger partial charge is 2.00 e. The van der Waals surface area contributed by atoms with Crippen LogP contribution in [0.5, 0.6) is 0 Å². The van der Waals surface area contributed by atoms with E-state index in [4.69, 9.17) is 0 Å². The summed E-state index contributed by atoms with van der Waals surface area (Å²) in [5.41, 5.74) is 4.20. The molecule has 1 unspecified atom stereocenters. The van der Waals surface area contributed by atoms with Crippen molar-refractivity contribution in [1.29, 1.82) is 0 Å². The molecular weight excluding hydrogens is 363 g/mol. The molecule has 0 nitrogen and oxygen atoms in total. The van der Waals surface area contributed by atoms with Gasteiger partial charge in [-0.15, -0.1) is 0 Å². The summed E-state index contributed by atoms with van der Waals surface area (Å²) in [4.78, 5) is 0. The van der Waals surface area contributed by atoms with E-state index < -0.39 is 7.92 Å². The monoisotopic (exact) mass is 382 g/mol. The average molecular weight is 382 g/mol. The van der Waals surface area contributed by atoms with Gasteiger partial charge >= 0.3 is 17.1 Å². The first-order valence-electron chi connectivity index (χ1n) is 8.23. The topological polar surface area (TPSA) is 0 Å². The summed E-state index contributed by atoms with van der Waals surface area (Å²) in [7, 11) is -0.537. The normalized spacial score (nSPS) is 21.3. The molecule has 0 aromatic heterocycles. The minimum atomic E-state index is -0.537. The first-order valence-corrected chi connectivity index (χ1v) is 9.57. The molecule has 0 amide bonds. The van der Waals surface area contributed by atoms with Crippen LogP contribution >= 0.6 is 7.92 Å². The van der Waals surface area contributed by atoms with Crippen molar-refractivity contribution in [2.24, 2.45) is 0 Å². The number of rotatable bonds is 4. The van der Waals surface area contributed by atoms with Crippen LogP contribution in [-0.2, 0) is 17.1 Å². The second-order valence-electron chi connectivity index (χ2n) is 5.96. The van der Waals surface area contributed by atoms with Gasteiger partial charge in [0.2, 0.25) is 0 Å². The summed E-state index contributed by atoms with van der Waals surface area (Å²) in [5, 5.41) is 1.41. The third-order valence-corrected chi connectivity index (χ3v) is 7.05. The molecule has 2 saturated carbocycles. The van der Waals surface area contributed by atoms with E-state index in [1.54, 1.807) is 0 Å². The van der Waals surface area contributed by atoms with Gasteiger partial charge in [0, 0.05) is 17.2 Å². The van der Waals surface area contributed by atoms with Crippen LogP contribution < -0.4 is 5.30 Å². The molecular formula is C23H19FeP+2. The van der Waals surface area contributed by atoms with Gasteiger partial charge < -0.3 is 0 Å². The molecule has 4 rings (SSSR count). The maximum absolute atomic E-state index is 2.30. The maximum Gasteiger partial charge on any atom is 2.00 e. The third-order valence-electron chi connectivity index (χ3n) is 4.38. The molecule has 0 bridgehead atoms. The summed E-state index contributed by atoms with van der Waals surface area (Å²) in [5.74, 6) is 2.73. The van der Waals surface area contributed by atoms with Gasteiger partial charge in [0.1, 0.15) is 0 Å². The molecule has 0 saturated heterocycles. The van der Waals surface area contributed by atoms with E-state index in [0.29, 0.717) is 0 Å². The Kier molecular flexibility index (Phi) is 6.79. The van der Waals surface area contributed by atoms with Gasteiger partial charge in [0.15, 0.2) is 0 Å². The second kappa shape index (κ2) is 8.85. The predicted octanol–water partition coefficient (Wildman–Crippen LogP) is 5.33. The minimum absolute atomic E-state index is 0. The van der Waals surface area contributed by atoms with E-state index in [-0.39, 0.29) is 17.1 Å². The van der Waals surface area contributed by atoms with Crippen LogP contribution in [0.15, 0.2) is 60.7 Å². The first-order chi connectivity index (χ1) is 11.8. The van der Waals surface area contributed by atoms with E-state index in [2.05, 4.69) is 106 Å². The fourth-order valence-electron chi connectivity index (χ4n) is 3.20. The molecule has 0 aliphatic heterocycles. The zero-order valence-corrected chi connectivity index (χ0v) is 16.0. The Bertz CT molecular complexity index is 642. The molecule has 2 aromatic rings. The Hall–Kier alpha value is -0.611. The van der Waals surface area contributed by atoms with E-state index >= 15 is 0 Å². The molecule has 2 aliphatic carbocycles. The molecule has 1 atom stereocenters. The summed E-state index contributed by atoms with van der Waals surface area (Å²) >= 11 is 0. The van der Waals surface area contributed by atoms with Crippen LogP contribution in [-0.4, -0.2) is 0 Å². The van der Waals surface area contributed by atoms with Gasteiger partial charge in [-0.25, -0.2) is 0 Å². The van der Waals surface area contributed by atoms with Crippen molar-refractivity contribution in [3.63, 3.8) is 0 Å². The zero-order valence-electron chi connectivity index (χ0n) is 14.0. The molecule has 2 aromatic carbocycles. The Morgan fingerprint density at radius 2 is 1.24 bits per heavy atom. The average Bonchev–Trinajstić information content (AvgIpc) is 3.27. The smallest absolute Gasteiger partial charge is 0.0622 e. The van der Waals surface area contributed by atoms with Crippen LogP contribution in [0.25, 0.3) is 0 Å². The second-order valence-corrected chi connectivity index (χ2v) is 8.11.